The first-order valence-corrected chi connectivity index (χ1v) is 7.88. The number of hydrogen-bond donors (Lipinski definition) is 1. The van der Waals surface area contributed by atoms with Crippen LogP contribution in [-0.2, 0) is 0 Å². The van der Waals surface area contributed by atoms with Gasteiger partial charge in [-0.2, -0.15) is 0 Å². The molecule has 1 saturated carbocycles. The summed E-state index contributed by atoms with van der Waals surface area (Å²) in [6.07, 6.45) is 5.08. The van der Waals surface area contributed by atoms with Crippen LogP contribution in [0.25, 0.3) is 0 Å². The van der Waals surface area contributed by atoms with Gasteiger partial charge in [0.1, 0.15) is 5.82 Å². The molecule has 2 heteroatoms. The fraction of sp³-hybridized carbons (Fsp3) is 0.667. The average Bonchev–Trinajstić information content (AvgIpc) is 2.38. The third kappa shape index (κ3) is 4.05. The fourth-order valence-corrected chi connectivity index (χ4v) is 3.35. The van der Waals surface area contributed by atoms with Crippen molar-refractivity contribution in [3.05, 3.63) is 35.6 Å². The number of benzene rings is 1. The lowest BCUT2D eigenvalue weighted by Gasteiger charge is -2.38. The van der Waals surface area contributed by atoms with Gasteiger partial charge in [0.05, 0.1) is 0 Å². The Morgan fingerprint density at radius 2 is 1.80 bits per heavy atom. The van der Waals surface area contributed by atoms with Gasteiger partial charge in [0.2, 0.25) is 0 Å². The first-order chi connectivity index (χ1) is 9.36. The van der Waals surface area contributed by atoms with E-state index in [0.717, 1.165) is 11.5 Å². The summed E-state index contributed by atoms with van der Waals surface area (Å²) < 4.78 is 13.3. The summed E-state index contributed by atoms with van der Waals surface area (Å²) >= 11 is 0. The van der Waals surface area contributed by atoms with E-state index in [4.69, 9.17) is 0 Å². The number of hydrogen-bond acceptors (Lipinski definition) is 1. The van der Waals surface area contributed by atoms with Crippen molar-refractivity contribution in [2.75, 3.05) is 0 Å². The Morgan fingerprint density at radius 1 is 1.15 bits per heavy atom. The lowest BCUT2D eigenvalue weighted by Crippen LogP contribution is -2.37. The predicted molar refractivity (Wildman–Crippen MR) is 83.2 cm³/mol. The topological polar surface area (TPSA) is 12.0 Å². The van der Waals surface area contributed by atoms with Gasteiger partial charge in [-0.05, 0) is 61.6 Å². The van der Waals surface area contributed by atoms with Crippen LogP contribution in [0.4, 0.5) is 4.39 Å². The molecule has 1 aliphatic carbocycles. The second-order valence-corrected chi connectivity index (χ2v) is 7.36. The molecule has 0 radical (unpaired) electrons. The highest BCUT2D eigenvalue weighted by Gasteiger charge is 2.30. The lowest BCUT2D eigenvalue weighted by atomic mass is 9.71. The van der Waals surface area contributed by atoms with Crippen molar-refractivity contribution >= 4 is 0 Å². The van der Waals surface area contributed by atoms with Crippen LogP contribution in [0.2, 0.25) is 0 Å². The third-order valence-corrected chi connectivity index (χ3v) is 4.79. The zero-order valence-electron chi connectivity index (χ0n) is 13.2. The van der Waals surface area contributed by atoms with Crippen LogP contribution >= 0.6 is 0 Å². The van der Waals surface area contributed by atoms with E-state index in [0.29, 0.717) is 11.5 Å². The van der Waals surface area contributed by atoms with Crippen LogP contribution in [0.5, 0.6) is 0 Å². The van der Waals surface area contributed by atoms with Gasteiger partial charge in [-0.25, -0.2) is 4.39 Å². The molecule has 2 rings (SSSR count). The Morgan fingerprint density at radius 3 is 2.35 bits per heavy atom. The van der Waals surface area contributed by atoms with Crippen molar-refractivity contribution in [3.63, 3.8) is 0 Å². The average molecular weight is 277 g/mol. The van der Waals surface area contributed by atoms with Crippen molar-refractivity contribution in [2.24, 2.45) is 11.3 Å². The van der Waals surface area contributed by atoms with Gasteiger partial charge in [-0.1, -0.05) is 32.9 Å². The highest BCUT2D eigenvalue weighted by atomic mass is 19.1. The third-order valence-electron chi connectivity index (χ3n) is 4.79. The van der Waals surface area contributed by atoms with Crippen LogP contribution in [0.1, 0.15) is 65.0 Å². The smallest absolute Gasteiger partial charge is 0.123 e. The minimum atomic E-state index is -0.146. The second-order valence-electron chi connectivity index (χ2n) is 7.36. The largest absolute Gasteiger partial charge is 0.307 e. The Balaban J connectivity index is 1.86. The second kappa shape index (κ2) is 6.26. The molecule has 0 bridgehead atoms. The molecule has 0 aliphatic heterocycles. The molecule has 1 nitrogen and oxygen atoms in total. The minimum Gasteiger partial charge on any atom is -0.307 e. The van der Waals surface area contributed by atoms with Gasteiger partial charge in [-0.3, -0.25) is 0 Å². The maximum absolute atomic E-state index is 13.3. The summed E-state index contributed by atoms with van der Waals surface area (Å²) in [6.45, 7) is 9.17. The summed E-state index contributed by atoms with van der Waals surface area (Å²) in [5.41, 5.74) is 1.47. The maximum atomic E-state index is 13.3. The molecular formula is C18H28FN. The van der Waals surface area contributed by atoms with Gasteiger partial charge in [-0.15, -0.1) is 0 Å². The predicted octanol–water partition coefficient (Wildman–Crippen LogP) is 5.08. The van der Waals surface area contributed by atoms with Crippen LogP contribution in [0.3, 0.4) is 0 Å². The summed E-state index contributed by atoms with van der Waals surface area (Å²) in [4.78, 5) is 0. The van der Waals surface area contributed by atoms with Gasteiger partial charge in [0, 0.05) is 12.1 Å². The summed E-state index contributed by atoms with van der Waals surface area (Å²) in [5, 5.41) is 3.67. The highest BCUT2D eigenvalue weighted by molar-refractivity contribution is 5.19. The van der Waals surface area contributed by atoms with Gasteiger partial charge in [0.15, 0.2) is 0 Å². The number of halogens is 1. The standard InChI is InChI=1S/C18H28FN/c1-13(14-6-5-7-16(19)12-14)20-17-10-8-15(9-11-17)18(2,3)4/h5-7,12-13,15,17,20H,8-11H2,1-4H3/t13-,15?,17?/m1/s1. The van der Waals surface area contributed by atoms with Gasteiger partial charge >= 0.3 is 0 Å². The van der Waals surface area contributed by atoms with E-state index >= 15 is 0 Å². The molecule has 20 heavy (non-hydrogen) atoms. The zero-order valence-corrected chi connectivity index (χ0v) is 13.2. The molecular weight excluding hydrogens is 249 g/mol. The molecule has 1 aromatic rings. The Hall–Kier alpha value is -0.890. The van der Waals surface area contributed by atoms with E-state index in [9.17, 15) is 4.39 Å². The highest BCUT2D eigenvalue weighted by Crippen LogP contribution is 2.38. The molecule has 0 spiro atoms. The van der Waals surface area contributed by atoms with E-state index in [1.807, 2.05) is 6.07 Å². The zero-order chi connectivity index (χ0) is 14.8. The fourth-order valence-electron chi connectivity index (χ4n) is 3.35. The van der Waals surface area contributed by atoms with Crippen LogP contribution in [0, 0.1) is 17.2 Å². The van der Waals surface area contributed by atoms with Crippen LogP contribution in [-0.4, -0.2) is 6.04 Å². The SMILES string of the molecule is C[C@@H](NC1CCC(C(C)(C)C)CC1)c1cccc(F)c1. The Labute approximate surface area is 123 Å². The normalized spacial score (nSPS) is 25.4. The molecule has 1 aliphatic rings. The van der Waals surface area contributed by atoms with Crippen molar-refractivity contribution in [1.82, 2.24) is 5.32 Å². The quantitative estimate of drug-likeness (QED) is 0.812. The summed E-state index contributed by atoms with van der Waals surface area (Å²) in [5.74, 6) is 0.692. The lowest BCUT2D eigenvalue weighted by molar-refractivity contribution is 0.157. The molecule has 1 atom stereocenters. The van der Waals surface area contributed by atoms with Crippen molar-refractivity contribution in [3.8, 4) is 0 Å². The molecule has 1 aromatic carbocycles. The van der Waals surface area contributed by atoms with Crippen molar-refractivity contribution in [2.45, 2.75) is 65.5 Å². The van der Waals surface area contributed by atoms with E-state index in [1.165, 1.54) is 31.7 Å². The van der Waals surface area contributed by atoms with E-state index in [2.05, 4.69) is 33.0 Å². The van der Waals surface area contributed by atoms with E-state index < -0.39 is 0 Å². The number of rotatable bonds is 3. The molecule has 0 amide bonds. The van der Waals surface area contributed by atoms with Gasteiger partial charge < -0.3 is 5.32 Å². The Kier molecular flexibility index (Phi) is 4.85. The van der Waals surface area contributed by atoms with E-state index in [-0.39, 0.29) is 11.9 Å². The Bertz CT molecular complexity index is 427. The van der Waals surface area contributed by atoms with Crippen LogP contribution < -0.4 is 5.32 Å². The maximum Gasteiger partial charge on any atom is 0.123 e. The first-order valence-electron chi connectivity index (χ1n) is 7.88. The van der Waals surface area contributed by atoms with Crippen molar-refractivity contribution < 1.29 is 4.39 Å². The summed E-state index contributed by atoms with van der Waals surface area (Å²) in [7, 11) is 0. The van der Waals surface area contributed by atoms with Gasteiger partial charge in [0.25, 0.3) is 0 Å². The van der Waals surface area contributed by atoms with Crippen LogP contribution in [0.15, 0.2) is 24.3 Å². The van der Waals surface area contributed by atoms with E-state index in [1.54, 1.807) is 12.1 Å². The molecule has 0 saturated heterocycles. The molecule has 0 aromatic heterocycles. The molecule has 0 heterocycles. The monoisotopic (exact) mass is 277 g/mol. The minimum absolute atomic E-state index is 0.146. The van der Waals surface area contributed by atoms with Crippen molar-refractivity contribution in [1.29, 1.82) is 0 Å². The molecule has 0 unspecified atom stereocenters. The molecule has 1 N–H and O–H groups in total. The molecule has 112 valence electrons. The molecule has 1 fully saturated rings. The summed E-state index contributed by atoms with van der Waals surface area (Å²) in [6, 6.07) is 7.73. The number of nitrogens with one attached hydrogen (secondary N) is 1. The first kappa shape index (κ1) is 15.5.